The monoisotopic (exact) mass is 417 g/mol. The van der Waals surface area contributed by atoms with Gasteiger partial charge in [0.15, 0.2) is 0 Å². The topological polar surface area (TPSA) is 81.0 Å². The van der Waals surface area contributed by atoms with Crippen LogP contribution in [0.3, 0.4) is 0 Å². The highest BCUT2D eigenvalue weighted by Gasteiger charge is 2.40. The summed E-state index contributed by atoms with van der Waals surface area (Å²) in [6, 6.07) is 10.6. The number of benzene rings is 1. The fourth-order valence-electron chi connectivity index (χ4n) is 5.86. The Morgan fingerprint density at radius 2 is 2.06 bits per heavy atom. The summed E-state index contributed by atoms with van der Waals surface area (Å²) in [6.07, 6.45) is 7.39. The number of aromatic nitrogens is 1. The van der Waals surface area contributed by atoms with E-state index < -0.39 is 0 Å². The molecule has 2 N–H and O–H groups in total. The summed E-state index contributed by atoms with van der Waals surface area (Å²) in [5, 5.41) is 17.2. The molecule has 31 heavy (non-hydrogen) atoms. The third-order valence-electron chi connectivity index (χ3n) is 7.68. The van der Waals surface area contributed by atoms with Crippen LogP contribution in [-0.2, 0) is 0 Å². The van der Waals surface area contributed by atoms with Gasteiger partial charge in [-0.3, -0.25) is 4.98 Å². The summed E-state index contributed by atoms with van der Waals surface area (Å²) in [7, 11) is 0. The van der Waals surface area contributed by atoms with Crippen LogP contribution >= 0.6 is 0 Å². The van der Waals surface area contributed by atoms with Gasteiger partial charge in [0.25, 0.3) is 0 Å². The number of carbonyl (C=O) groups excluding carboxylic acids is 1. The number of likely N-dealkylation sites (tertiary alicyclic amines) is 1. The van der Waals surface area contributed by atoms with Crippen LogP contribution in [0.15, 0.2) is 30.5 Å². The minimum Gasteiger partial charge on any atom is -0.335 e. The third kappa shape index (κ3) is 3.87. The van der Waals surface area contributed by atoms with E-state index >= 15 is 0 Å². The Bertz CT molecular complexity index is 1010. The van der Waals surface area contributed by atoms with Gasteiger partial charge in [0.2, 0.25) is 0 Å². The van der Waals surface area contributed by atoms with E-state index in [0.717, 1.165) is 49.8 Å². The number of piperidine rings is 1. The van der Waals surface area contributed by atoms with Crippen molar-refractivity contribution in [2.24, 2.45) is 11.3 Å². The van der Waals surface area contributed by atoms with Crippen molar-refractivity contribution in [3.63, 3.8) is 0 Å². The first kappa shape index (κ1) is 20.3. The first-order valence-electron chi connectivity index (χ1n) is 11.6. The molecule has 6 nitrogen and oxygen atoms in total. The number of amides is 2. The zero-order valence-corrected chi connectivity index (χ0v) is 18.2. The number of pyridine rings is 1. The largest absolute Gasteiger partial charge is 0.335 e. The molecule has 1 saturated carbocycles. The Balaban J connectivity index is 1.30. The molecule has 0 radical (unpaired) electrons. The van der Waals surface area contributed by atoms with E-state index in [4.69, 9.17) is 0 Å². The molecule has 2 atom stereocenters. The van der Waals surface area contributed by atoms with E-state index in [1.165, 1.54) is 18.4 Å². The lowest BCUT2D eigenvalue weighted by atomic mass is 9.68. The van der Waals surface area contributed by atoms with Gasteiger partial charge in [0, 0.05) is 49.7 Å². The van der Waals surface area contributed by atoms with Crippen molar-refractivity contribution >= 4 is 16.9 Å². The molecule has 3 fully saturated rings. The minimum absolute atomic E-state index is 0.0836. The van der Waals surface area contributed by atoms with Crippen molar-refractivity contribution in [1.29, 1.82) is 5.26 Å². The number of fused-ring (bicyclic) bond motifs is 1. The molecule has 5 rings (SSSR count). The van der Waals surface area contributed by atoms with E-state index in [1.807, 2.05) is 17.0 Å². The zero-order chi connectivity index (χ0) is 21.4. The summed E-state index contributed by atoms with van der Waals surface area (Å²) in [6.45, 7) is 6.03. The molecule has 2 aliphatic heterocycles. The molecule has 1 aliphatic carbocycles. The van der Waals surface area contributed by atoms with Crippen LogP contribution in [0.1, 0.15) is 56.1 Å². The van der Waals surface area contributed by atoms with Gasteiger partial charge < -0.3 is 15.5 Å². The summed E-state index contributed by atoms with van der Waals surface area (Å²) in [5.74, 6) is 0.687. The first-order valence-corrected chi connectivity index (χ1v) is 11.6. The van der Waals surface area contributed by atoms with Crippen LogP contribution in [0.4, 0.5) is 4.79 Å². The molecule has 3 aliphatic rings. The van der Waals surface area contributed by atoms with E-state index in [0.29, 0.717) is 29.5 Å². The Kier molecular flexibility index (Phi) is 5.31. The Labute approximate surface area is 184 Å². The highest BCUT2D eigenvalue weighted by atomic mass is 16.2. The van der Waals surface area contributed by atoms with Gasteiger partial charge in [-0.05, 0) is 61.1 Å². The molecule has 1 aromatic carbocycles. The Morgan fingerprint density at radius 1 is 1.26 bits per heavy atom. The second-order valence-electron chi connectivity index (χ2n) is 9.98. The molecular formula is C25H31N5O. The number of carbonyl (C=O) groups is 1. The summed E-state index contributed by atoms with van der Waals surface area (Å²) >= 11 is 0. The first-order chi connectivity index (χ1) is 15.1. The Hall–Kier alpha value is -2.65. The van der Waals surface area contributed by atoms with Gasteiger partial charge in [-0.1, -0.05) is 19.1 Å². The number of hydrogen-bond donors (Lipinski definition) is 2. The van der Waals surface area contributed by atoms with Gasteiger partial charge in [-0.15, -0.1) is 0 Å². The summed E-state index contributed by atoms with van der Waals surface area (Å²) in [4.78, 5) is 19.6. The van der Waals surface area contributed by atoms with Crippen molar-refractivity contribution in [2.45, 2.75) is 51.0 Å². The van der Waals surface area contributed by atoms with Crippen LogP contribution in [0.5, 0.6) is 0 Å². The lowest BCUT2D eigenvalue weighted by Crippen LogP contribution is -2.57. The van der Waals surface area contributed by atoms with E-state index in [2.05, 4.69) is 40.7 Å². The molecule has 0 unspecified atom stereocenters. The molecule has 6 heteroatoms. The third-order valence-corrected chi connectivity index (χ3v) is 7.68. The van der Waals surface area contributed by atoms with E-state index in [-0.39, 0.29) is 11.9 Å². The van der Waals surface area contributed by atoms with Crippen LogP contribution in [0.25, 0.3) is 10.9 Å². The smallest absolute Gasteiger partial charge is 0.317 e. The standard InChI is InChI=1S/C25H31N5O/c1-17-11-19(21-5-4-18(12-26)23-22(21)3-2-10-28-23)14-30(13-17)24(31)29-20-6-8-25(9-7-20)15-27-16-25/h2-5,10,17,19-20,27H,6-9,11,13-16H2,1H3,(H,29,31)/t17-,19+/m1/s1. The van der Waals surface area contributed by atoms with Gasteiger partial charge >= 0.3 is 6.03 Å². The maximum atomic E-state index is 13.1. The lowest BCUT2D eigenvalue weighted by molar-refractivity contribution is 0.0890. The number of rotatable bonds is 2. The summed E-state index contributed by atoms with van der Waals surface area (Å²) in [5.41, 5.74) is 3.08. The van der Waals surface area contributed by atoms with Crippen LogP contribution < -0.4 is 10.6 Å². The van der Waals surface area contributed by atoms with Crippen molar-refractivity contribution in [1.82, 2.24) is 20.5 Å². The highest BCUT2D eigenvalue weighted by Crippen LogP contribution is 2.39. The Morgan fingerprint density at radius 3 is 2.77 bits per heavy atom. The fourth-order valence-corrected chi connectivity index (χ4v) is 5.86. The van der Waals surface area contributed by atoms with Crippen LogP contribution in [-0.4, -0.2) is 48.1 Å². The van der Waals surface area contributed by atoms with Crippen molar-refractivity contribution in [2.75, 3.05) is 26.2 Å². The molecule has 2 amide bonds. The predicted octanol–water partition coefficient (Wildman–Crippen LogP) is 3.77. The lowest BCUT2D eigenvalue weighted by Gasteiger charge is -2.47. The van der Waals surface area contributed by atoms with E-state index in [9.17, 15) is 10.1 Å². The molecular weight excluding hydrogens is 386 g/mol. The number of urea groups is 1. The average molecular weight is 418 g/mol. The van der Waals surface area contributed by atoms with Gasteiger partial charge in [0.1, 0.15) is 6.07 Å². The van der Waals surface area contributed by atoms with E-state index in [1.54, 1.807) is 6.20 Å². The molecule has 2 aromatic rings. The molecule has 0 bridgehead atoms. The SMILES string of the molecule is C[C@@H]1C[C@H](c2ccc(C#N)c3ncccc23)CN(C(=O)NC2CCC3(CC2)CNC3)C1. The molecule has 2 saturated heterocycles. The van der Waals surface area contributed by atoms with Crippen molar-refractivity contribution < 1.29 is 4.79 Å². The normalized spacial score (nSPS) is 25.7. The average Bonchev–Trinajstić information content (AvgIpc) is 2.77. The van der Waals surface area contributed by atoms with Crippen LogP contribution in [0.2, 0.25) is 0 Å². The minimum atomic E-state index is 0.0836. The second-order valence-corrected chi connectivity index (χ2v) is 9.98. The second kappa shape index (κ2) is 8.12. The predicted molar refractivity (Wildman–Crippen MR) is 121 cm³/mol. The highest BCUT2D eigenvalue weighted by molar-refractivity contribution is 5.87. The van der Waals surface area contributed by atoms with Gasteiger partial charge in [0.05, 0.1) is 11.1 Å². The maximum absolute atomic E-state index is 13.1. The molecule has 1 spiro atoms. The zero-order valence-electron chi connectivity index (χ0n) is 18.2. The number of nitriles is 1. The van der Waals surface area contributed by atoms with Gasteiger partial charge in [-0.25, -0.2) is 4.79 Å². The van der Waals surface area contributed by atoms with Gasteiger partial charge in [-0.2, -0.15) is 5.26 Å². The number of nitrogens with one attached hydrogen (secondary N) is 2. The number of hydrogen-bond acceptors (Lipinski definition) is 4. The molecule has 162 valence electrons. The maximum Gasteiger partial charge on any atom is 0.317 e. The fraction of sp³-hybridized carbons (Fsp3) is 0.560. The number of nitrogens with zero attached hydrogens (tertiary/aromatic N) is 3. The summed E-state index contributed by atoms with van der Waals surface area (Å²) < 4.78 is 0. The quantitative estimate of drug-likeness (QED) is 0.779. The van der Waals surface area contributed by atoms with Crippen LogP contribution in [0, 0.1) is 22.7 Å². The van der Waals surface area contributed by atoms with Crippen molar-refractivity contribution in [3.8, 4) is 6.07 Å². The molecule has 1 aromatic heterocycles. The molecule has 3 heterocycles. The van der Waals surface area contributed by atoms with Crippen molar-refractivity contribution in [3.05, 3.63) is 41.6 Å².